The fourth-order valence-corrected chi connectivity index (χ4v) is 1.81. The zero-order chi connectivity index (χ0) is 11.7. The zero-order valence-corrected chi connectivity index (χ0v) is 9.60. The molecule has 1 aliphatic carbocycles. The van der Waals surface area contributed by atoms with Gasteiger partial charge in [-0.2, -0.15) is 0 Å². The van der Waals surface area contributed by atoms with Gasteiger partial charge in [-0.25, -0.2) is 4.79 Å². The van der Waals surface area contributed by atoms with Crippen LogP contribution in [0, 0.1) is 12.8 Å². The molecule has 0 atom stereocenters. The summed E-state index contributed by atoms with van der Waals surface area (Å²) in [7, 11) is 1.94. The fraction of sp³-hybridized carbons (Fsp3) is 0.500. The van der Waals surface area contributed by atoms with Gasteiger partial charge in [-0.1, -0.05) is 0 Å². The first kappa shape index (κ1) is 10.9. The minimum atomic E-state index is -0.912. The van der Waals surface area contributed by atoms with E-state index in [0.29, 0.717) is 0 Å². The zero-order valence-electron chi connectivity index (χ0n) is 9.60. The van der Waals surface area contributed by atoms with Crippen molar-refractivity contribution in [3.8, 4) is 0 Å². The predicted octanol–water partition coefficient (Wildman–Crippen LogP) is 1.93. The SMILES string of the molecule is Cc1cc(N(C)CC2CC2)c(C(=O)O)cn1. The van der Waals surface area contributed by atoms with Crippen LogP contribution in [0.5, 0.6) is 0 Å². The van der Waals surface area contributed by atoms with Crippen molar-refractivity contribution in [1.29, 1.82) is 0 Å². The highest BCUT2D eigenvalue weighted by Gasteiger charge is 2.24. The van der Waals surface area contributed by atoms with E-state index in [1.54, 1.807) is 0 Å². The number of carbonyl (C=O) groups is 1. The summed E-state index contributed by atoms with van der Waals surface area (Å²) in [5.74, 6) is -0.176. The second-order valence-electron chi connectivity index (χ2n) is 4.47. The standard InChI is InChI=1S/C12H16N2O2/c1-8-5-11(10(6-13-8)12(15)16)14(2)7-9-3-4-9/h5-6,9H,3-4,7H2,1-2H3,(H,15,16). The van der Waals surface area contributed by atoms with Gasteiger partial charge in [-0.3, -0.25) is 4.98 Å². The van der Waals surface area contributed by atoms with E-state index in [9.17, 15) is 4.79 Å². The van der Waals surface area contributed by atoms with Crippen molar-refractivity contribution in [2.75, 3.05) is 18.5 Å². The number of anilines is 1. The fourth-order valence-electron chi connectivity index (χ4n) is 1.81. The van der Waals surface area contributed by atoms with Crippen molar-refractivity contribution in [3.05, 3.63) is 23.5 Å². The summed E-state index contributed by atoms with van der Waals surface area (Å²) in [6.07, 6.45) is 3.96. The van der Waals surface area contributed by atoms with Crippen LogP contribution in [0.15, 0.2) is 12.3 Å². The van der Waals surface area contributed by atoms with Crippen molar-refractivity contribution >= 4 is 11.7 Å². The van der Waals surface area contributed by atoms with E-state index >= 15 is 0 Å². The molecule has 0 radical (unpaired) electrons. The third-order valence-electron chi connectivity index (χ3n) is 2.89. The monoisotopic (exact) mass is 220 g/mol. The van der Waals surface area contributed by atoms with Crippen molar-refractivity contribution in [1.82, 2.24) is 4.98 Å². The van der Waals surface area contributed by atoms with Gasteiger partial charge in [-0.15, -0.1) is 0 Å². The molecular formula is C12H16N2O2. The number of hydrogen-bond donors (Lipinski definition) is 1. The average Bonchev–Trinajstić information content (AvgIpc) is 3.01. The molecule has 1 aromatic rings. The maximum absolute atomic E-state index is 11.1. The number of carboxylic acids is 1. The number of aryl methyl sites for hydroxylation is 1. The van der Waals surface area contributed by atoms with Gasteiger partial charge in [0.25, 0.3) is 0 Å². The lowest BCUT2D eigenvalue weighted by molar-refractivity contribution is 0.0697. The Bertz CT molecular complexity index is 413. The Labute approximate surface area is 94.9 Å². The van der Waals surface area contributed by atoms with E-state index in [2.05, 4.69) is 4.98 Å². The highest BCUT2D eigenvalue weighted by atomic mass is 16.4. The summed E-state index contributed by atoms with van der Waals surface area (Å²) in [5, 5.41) is 9.09. The minimum Gasteiger partial charge on any atom is -0.478 e. The predicted molar refractivity (Wildman–Crippen MR) is 61.9 cm³/mol. The molecule has 1 fully saturated rings. The molecule has 16 heavy (non-hydrogen) atoms. The van der Waals surface area contributed by atoms with Gasteiger partial charge in [0.1, 0.15) is 5.56 Å². The molecule has 0 aliphatic heterocycles. The number of rotatable bonds is 4. The van der Waals surface area contributed by atoms with Gasteiger partial charge in [0.15, 0.2) is 0 Å². The number of aromatic nitrogens is 1. The molecule has 1 aliphatic rings. The topological polar surface area (TPSA) is 53.4 Å². The van der Waals surface area contributed by atoms with Crippen LogP contribution < -0.4 is 4.90 Å². The van der Waals surface area contributed by atoms with E-state index in [1.807, 2.05) is 24.9 Å². The maximum Gasteiger partial charge on any atom is 0.339 e. The molecule has 4 heteroatoms. The second-order valence-corrected chi connectivity index (χ2v) is 4.47. The maximum atomic E-state index is 11.1. The number of carboxylic acid groups (broad SMARTS) is 1. The molecule has 0 amide bonds. The van der Waals surface area contributed by atoms with Crippen LogP contribution >= 0.6 is 0 Å². The van der Waals surface area contributed by atoms with Crippen molar-refractivity contribution in [2.24, 2.45) is 5.92 Å². The Morgan fingerprint density at radius 1 is 1.62 bits per heavy atom. The van der Waals surface area contributed by atoms with E-state index in [4.69, 9.17) is 5.11 Å². The molecule has 0 aromatic carbocycles. The van der Waals surface area contributed by atoms with Crippen molar-refractivity contribution in [2.45, 2.75) is 19.8 Å². The summed E-state index contributed by atoms with van der Waals surface area (Å²) in [6.45, 7) is 2.81. The van der Waals surface area contributed by atoms with Crippen molar-refractivity contribution < 1.29 is 9.90 Å². The second kappa shape index (κ2) is 4.12. The molecule has 0 spiro atoms. The summed E-state index contributed by atoms with van der Waals surface area (Å²) in [6, 6.07) is 1.84. The smallest absolute Gasteiger partial charge is 0.339 e. The number of aromatic carboxylic acids is 1. The quantitative estimate of drug-likeness (QED) is 0.842. The lowest BCUT2D eigenvalue weighted by atomic mass is 10.2. The molecule has 86 valence electrons. The number of hydrogen-bond acceptors (Lipinski definition) is 3. The Balaban J connectivity index is 2.27. The Morgan fingerprint density at radius 3 is 2.88 bits per heavy atom. The summed E-state index contributed by atoms with van der Waals surface area (Å²) >= 11 is 0. The van der Waals surface area contributed by atoms with E-state index in [1.165, 1.54) is 19.0 Å². The average molecular weight is 220 g/mol. The normalized spacial score (nSPS) is 14.9. The van der Waals surface area contributed by atoms with Crippen LogP contribution in [0.4, 0.5) is 5.69 Å². The summed E-state index contributed by atoms with van der Waals surface area (Å²) in [5.41, 5.74) is 1.91. The molecule has 0 unspecified atom stereocenters. The number of nitrogens with zero attached hydrogens (tertiary/aromatic N) is 2. The van der Waals surface area contributed by atoms with Crippen LogP contribution in [-0.4, -0.2) is 29.7 Å². The van der Waals surface area contributed by atoms with Crippen molar-refractivity contribution in [3.63, 3.8) is 0 Å². The van der Waals surface area contributed by atoms with E-state index in [-0.39, 0.29) is 5.56 Å². The molecule has 0 bridgehead atoms. The molecule has 1 saturated carbocycles. The molecule has 1 heterocycles. The minimum absolute atomic E-state index is 0.286. The lowest BCUT2D eigenvalue weighted by Gasteiger charge is -2.21. The molecule has 4 nitrogen and oxygen atoms in total. The summed E-state index contributed by atoms with van der Waals surface area (Å²) in [4.78, 5) is 17.1. The molecule has 2 rings (SSSR count). The molecule has 1 aromatic heterocycles. The highest BCUT2D eigenvalue weighted by molar-refractivity contribution is 5.94. The van der Waals surface area contributed by atoms with Gasteiger partial charge in [-0.05, 0) is 31.7 Å². The summed E-state index contributed by atoms with van der Waals surface area (Å²) < 4.78 is 0. The molecule has 1 N–H and O–H groups in total. The largest absolute Gasteiger partial charge is 0.478 e. The van der Waals surface area contributed by atoms with Crippen LogP contribution in [-0.2, 0) is 0 Å². The van der Waals surface area contributed by atoms with Gasteiger partial charge in [0.05, 0.1) is 5.69 Å². The lowest BCUT2D eigenvalue weighted by Crippen LogP contribution is -2.22. The Morgan fingerprint density at radius 2 is 2.31 bits per heavy atom. The van der Waals surface area contributed by atoms with E-state index in [0.717, 1.165) is 23.8 Å². The van der Waals surface area contributed by atoms with E-state index < -0.39 is 5.97 Å². The van der Waals surface area contributed by atoms with Gasteiger partial charge >= 0.3 is 5.97 Å². The molecular weight excluding hydrogens is 204 g/mol. The van der Waals surface area contributed by atoms with Crippen LogP contribution in [0.3, 0.4) is 0 Å². The Kier molecular flexibility index (Phi) is 2.81. The first-order valence-corrected chi connectivity index (χ1v) is 5.49. The van der Waals surface area contributed by atoms with Gasteiger partial charge < -0.3 is 10.0 Å². The first-order chi connectivity index (χ1) is 7.58. The third-order valence-corrected chi connectivity index (χ3v) is 2.89. The Hall–Kier alpha value is -1.58. The highest BCUT2D eigenvalue weighted by Crippen LogP contribution is 2.31. The van der Waals surface area contributed by atoms with Crippen LogP contribution in [0.25, 0.3) is 0 Å². The third kappa shape index (κ3) is 2.32. The van der Waals surface area contributed by atoms with Crippen LogP contribution in [0.1, 0.15) is 28.9 Å². The molecule has 0 saturated heterocycles. The first-order valence-electron chi connectivity index (χ1n) is 5.49. The number of pyridine rings is 1. The van der Waals surface area contributed by atoms with Gasteiger partial charge in [0, 0.05) is 25.5 Å². The van der Waals surface area contributed by atoms with Gasteiger partial charge in [0.2, 0.25) is 0 Å². The van der Waals surface area contributed by atoms with Crippen LogP contribution in [0.2, 0.25) is 0 Å².